The minimum atomic E-state index is -0.847. The molecule has 1 fully saturated rings. The molecule has 2 heterocycles. The summed E-state index contributed by atoms with van der Waals surface area (Å²) in [4.78, 5) is 55.7. The number of ether oxygens (including phenoxy) is 2. The molecular formula is C36H44N6O6. The number of H-pyrrole nitrogens is 2. The maximum Gasteiger partial charge on any atom is 0.407 e. The number of hydrogen-bond donors (Lipinski definition) is 5. The molecule has 0 saturated heterocycles. The minimum absolute atomic E-state index is 0.171. The third-order valence-electron chi connectivity index (χ3n) is 8.60. The van der Waals surface area contributed by atoms with Gasteiger partial charge in [0.1, 0.15) is 11.6 Å². The van der Waals surface area contributed by atoms with Crippen molar-refractivity contribution in [1.82, 2.24) is 25.8 Å². The number of fused-ring (bicyclic) bond motifs is 1. The quantitative estimate of drug-likeness (QED) is 0.156. The van der Waals surface area contributed by atoms with Gasteiger partial charge in [0.2, 0.25) is 17.7 Å². The van der Waals surface area contributed by atoms with Crippen LogP contribution in [0.2, 0.25) is 0 Å². The molecule has 1 aliphatic carbocycles. The van der Waals surface area contributed by atoms with Gasteiger partial charge in [-0.15, -0.1) is 0 Å². The largest absolute Gasteiger partial charge is 0.481 e. The number of anilines is 1. The summed E-state index contributed by atoms with van der Waals surface area (Å²) < 4.78 is 10.6. The molecule has 254 valence electrons. The fourth-order valence-corrected chi connectivity index (χ4v) is 6.03. The second-order valence-electron chi connectivity index (χ2n) is 13.4. The molecule has 3 amide bonds. The summed E-state index contributed by atoms with van der Waals surface area (Å²) in [5.41, 5.74) is 3.91. The Bertz CT molecular complexity index is 1820. The van der Waals surface area contributed by atoms with Crippen LogP contribution in [0.5, 0.6) is 5.88 Å². The van der Waals surface area contributed by atoms with E-state index in [0.29, 0.717) is 41.9 Å². The number of benzene rings is 2. The number of nitrogens with one attached hydrogen (secondary N) is 5. The zero-order valence-electron chi connectivity index (χ0n) is 28.1. The van der Waals surface area contributed by atoms with Crippen molar-refractivity contribution in [3.63, 3.8) is 0 Å². The van der Waals surface area contributed by atoms with E-state index >= 15 is 0 Å². The van der Waals surface area contributed by atoms with Gasteiger partial charge in [-0.05, 0) is 94.7 Å². The Labute approximate surface area is 279 Å². The van der Waals surface area contributed by atoms with Crippen LogP contribution in [0.3, 0.4) is 0 Å². The van der Waals surface area contributed by atoms with Gasteiger partial charge in [0.05, 0.1) is 18.0 Å². The van der Waals surface area contributed by atoms with Gasteiger partial charge in [0.25, 0.3) is 5.56 Å². The van der Waals surface area contributed by atoms with E-state index in [1.807, 2.05) is 64.1 Å². The van der Waals surface area contributed by atoms with Gasteiger partial charge in [0.15, 0.2) is 0 Å². The molecule has 0 aliphatic heterocycles. The standard InChI is InChI=1S/C36H44N6O6/c1-21-27(16-17-31(38-21)47-5)24-10-6-22(7-11-24)18-30(34(45)39-26-14-15-28-29(19-26)41-42-33(28)44)40-32(43)25-12-8-23(9-13-25)20-37-35(46)48-36(2,3)4/h6-7,10-11,14-17,19,23,25,30H,8-9,12-13,18,20H2,1-5H3,(H,37,46)(H,39,45)(H,40,43)(H2,41,42,44)/t23?,25?,30-/m0/s1. The van der Waals surface area contributed by atoms with Crippen LogP contribution in [0.15, 0.2) is 59.4 Å². The number of aromatic nitrogens is 3. The first-order valence-electron chi connectivity index (χ1n) is 16.3. The molecule has 5 rings (SSSR count). The summed E-state index contributed by atoms with van der Waals surface area (Å²) in [6, 6.07) is 15.8. The van der Waals surface area contributed by atoms with Gasteiger partial charge in [-0.1, -0.05) is 24.3 Å². The fraction of sp³-hybridized carbons (Fsp3) is 0.417. The Balaban J connectivity index is 1.26. The van der Waals surface area contributed by atoms with E-state index in [-0.39, 0.29) is 35.6 Å². The van der Waals surface area contributed by atoms with Gasteiger partial charge >= 0.3 is 6.09 Å². The molecule has 0 unspecified atom stereocenters. The molecule has 0 spiro atoms. The van der Waals surface area contributed by atoms with Crippen LogP contribution in [-0.4, -0.2) is 58.4 Å². The lowest BCUT2D eigenvalue weighted by Crippen LogP contribution is -2.48. The van der Waals surface area contributed by atoms with Gasteiger partial charge in [-0.3, -0.25) is 24.6 Å². The van der Waals surface area contributed by atoms with Crippen molar-refractivity contribution in [2.45, 2.75) is 71.4 Å². The third-order valence-corrected chi connectivity index (χ3v) is 8.60. The predicted octanol–water partition coefficient (Wildman–Crippen LogP) is 5.23. The molecule has 1 aliphatic rings. The second kappa shape index (κ2) is 14.7. The van der Waals surface area contributed by atoms with Gasteiger partial charge in [-0.2, -0.15) is 0 Å². The Morgan fingerprint density at radius 1 is 0.979 bits per heavy atom. The van der Waals surface area contributed by atoms with E-state index in [0.717, 1.165) is 35.2 Å². The Hall–Kier alpha value is -5.13. The first kappa shape index (κ1) is 34.2. The topological polar surface area (TPSA) is 167 Å². The molecule has 0 bridgehead atoms. The number of amides is 3. The summed E-state index contributed by atoms with van der Waals surface area (Å²) in [6.07, 6.45) is 2.70. The zero-order chi connectivity index (χ0) is 34.4. The lowest BCUT2D eigenvalue weighted by Gasteiger charge is -2.29. The number of alkyl carbamates (subject to hydrolysis) is 1. The molecule has 12 heteroatoms. The van der Waals surface area contributed by atoms with Gasteiger partial charge in [0, 0.05) is 41.9 Å². The highest BCUT2D eigenvalue weighted by Crippen LogP contribution is 2.29. The molecule has 0 radical (unpaired) electrons. The SMILES string of the molecule is COc1ccc(-c2ccc(C[C@H](NC(=O)C3CCC(CNC(=O)OC(C)(C)C)CC3)C(=O)Nc3ccc4c(=O)[nH][nH]c4c3)cc2)c(C)n1. The highest BCUT2D eigenvalue weighted by Gasteiger charge is 2.30. The van der Waals surface area contributed by atoms with Crippen LogP contribution in [-0.2, 0) is 20.7 Å². The molecular weight excluding hydrogens is 612 g/mol. The monoisotopic (exact) mass is 656 g/mol. The summed E-state index contributed by atoms with van der Waals surface area (Å²) in [5, 5.41) is 14.6. The molecule has 4 aromatic rings. The van der Waals surface area contributed by atoms with Crippen LogP contribution in [0.25, 0.3) is 22.0 Å². The number of aryl methyl sites for hydroxylation is 1. The average molecular weight is 657 g/mol. The first-order valence-corrected chi connectivity index (χ1v) is 16.3. The summed E-state index contributed by atoms with van der Waals surface area (Å²) >= 11 is 0. The van der Waals surface area contributed by atoms with E-state index in [9.17, 15) is 19.2 Å². The van der Waals surface area contributed by atoms with E-state index in [4.69, 9.17) is 9.47 Å². The van der Waals surface area contributed by atoms with Crippen molar-refractivity contribution in [1.29, 1.82) is 0 Å². The average Bonchev–Trinajstić information content (AvgIpc) is 3.42. The lowest BCUT2D eigenvalue weighted by atomic mass is 9.81. The molecule has 1 saturated carbocycles. The number of rotatable bonds is 10. The number of pyridine rings is 1. The third kappa shape index (κ3) is 8.81. The normalized spacial score (nSPS) is 16.9. The van der Waals surface area contributed by atoms with Crippen LogP contribution >= 0.6 is 0 Å². The van der Waals surface area contributed by atoms with Crippen molar-refractivity contribution in [2.75, 3.05) is 19.0 Å². The number of carbonyl (C=O) groups is 3. The summed E-state index contributed by atoms with van der Waals surface area (Å²) in [7, 11) is 1.58. The number of hydrogen-bond acceptors (Lipinski definition) is 7. The number of carbonyl (C=O) groups excluding carboxylic acids is 3. The van der Waals surface area contributed by atoms with Crippen LogP contribution < -0.4 is 26.2 Å². The molecule has 2 aromatic carbocycles. The van der Waals surface area contributed by atoms with Crippen molar-refractivity contribution in [2.24, 2.45) is 11.8 Å². The minimum Gasteiger partial charge on any atom is -0.481 e. The van der Waals surface area contributed by atoms with Gasteiger partial charge in [-0.25, -0.2) is 9.78 Å². The number of methoxy groups -OCH3 is 1. The zero-order valence-corrected chi connectivity index (χ0v) is 28.1. The molecule has 12 nitrogen and oxygen atoms in total. The second-order valence-corrected chi connectivity index (χ2v) is 13.4. The lowest BCUT2D eigenvalue weighted by molar-refractivity contribution is -0.130. The molecule has 5 N–H and O–H groups in total. The smallest absolute Gasteiger partial charge is 0.407 e. The van der Waals surface area contributed by atoms with E-state index in [1.54, 1.807) is 25.3 Å². The van der Waals surface area contributed by atoms with Crippen LogP contribution in [0.1, 0.15) is 57.7 Å². The predicted molar refractivity (Wildman–Crippen MR) is 184 cm³/mol. The first-order chi connectivity index (χ1) is 22.9. The van der Waals surface area contributed by atoms with E-state index in [2.05, 4.69) is 31.1 Å². The maximum atomic E-state index is 13.7. The maximum absolute atomic E-state index is 13.7. The molecule has 48 heavy (non-hydrogen) atoms. The Morgan fingerprint density at radius 2 is 1.71 bits per heavy atom. The van der Waals surface area contributed by atoms with Crippen molar-refractivity contribution in [3.05, 3.63) is 76.2 Å². The van der Waals surface area contributed by atoms with Crippen LogP contribution in [0, 0.1) is 18.8 Å². The number of aromatic amines is 2. The number of nitrogens with zero attached hydrogens (tertiary/aromatic N) is 1. The van der Waals surface area contributed by atoms with Crippen molar-refractivity contribution < 1.29 is 23.9 Å². The highest BCUT2D eigenvalue weighted by atomic mass is 16.6. The van der Waals surface area contributed by atoms with E-state index < -0.39 is 17.7 Å². The summed E-state index contributed by atoms with van der Waals surface area (Å²) in [6.45, 7) is 7.88. The Kier molecular flexibility index (Phi) is 10.5. The molecule has 1 atom stereocenters. The fourth-order valence-electron chi connectivity index (χ4n) is 6.03. The van der Waals surface area contributed by atoms with E-state index in [1.165, 1.54) is 0 Å². The Morgan fingerprint density at radius 3 is 2.38 bits per heavy atom. The van der Waals surface area contributed by atoms with Crippen LogP contribution in [0.4, 0.5) is 10.5 Å². The van der Waals surface area contributed by atoms with Crippen molar-refractivity contribution >= 4 is 34.5 Å². The van der Waals surface area contributed by atoms with Gasteiger partial charge < -0.3 is 25.4 Å². The molecule has 2 aromatic heterocycles. The summed E-state index contributed by atoms with van der Waals surface area (Å²) in [5.74, 6) is 0.0157. The highest BCUT2D eigenvalue weighted by molar-refractivity contribution is 5.99. The van der Waals surface area contributed by atoms with Crippen molar-refractivity contribution in [3.8, 4) is 17.0 Å².